The number of hydrogen-bond acceptors (Lipinski definition) is 4. The molecule has 4 heteroatoms. The maximum atomic E-state index is 5.51. The molecule has 0 fully saturated rings. The number of aromatic nitrogens is 3. The van der Waals surface area contributed by atoms with Crippen LogP contribution in [0.3, 0.4) is 0 Å². The maximum Gasteiger partial charge on any atom is 0.125 e. The fourth-order valence-corrected chi connectivity index (χ4v) is 1.54. The molecule has 0 radical (unpaired) electrons. The van der Waals surface area contributed by atoms with E-state index in [4.69, 9.17) is 5.73 Å². The van der Waals surface area contributed by atoms with Gasteiger partial charge in [-0.1, -0.05) is 0 Å². The molecular weight excluding hydrogens is 200 g/mol. The summed E-state index contributed by atoms with van der Waals surface area (Å²) in [6.45, 7) is 2.49. The Morgan fingerprint density at radius 1 is 1.19 bits per heavy atom. The molecule has 0 atom stereocenters. The van der Waals surface area contributed by atoms with Crippen LogP contribution in [0.1, 0.15) is 11.5 Å². The quantitative estimate of drug-likeness (QED) is 0.837. The van der Waals surface area contributed by atoms with E-state index in [1.165, 1.54) is 0 Å². The second-order valence-electron chi connectivity index (χ2n) is 3.56. The van der Waals surface area contributed by atoms with E-state index in [1.54, 1.807) is 12.4 Å². The van der Waals surface area contributed by atoms with Crippen LogP contribution >= 0.6 is 0 Å². The molecule has 16 heavy (non-hydrogen) atoms. The summed E-state index contributed by atoms with van der Waals surface area (Å²) in [5.41, 5.74) is 8.49. The summed E-state index contributed by atoms with van der Waals surface area (Å²) in [6, 6.07) is 5.87. The van der Waals surface area contributed by atoms with Gasteiger partial charge in [0.1, 0.15) is 5.82 Å². The van der Waals surface area contributed by atoms with Crippen LogP contribution in [0.4, 0.5) is 0 Å². The van der Waals surface area contributed by atoms with Gasteiger partial charge < -0.3 is 5.73 Å². The highest BCUT2D eigenvalue weighted by Gasteiger charge is 2.01. The van der Waals surface area contributed by atoms with E-state index in [9.17, 15) is 0 Å². The molecule has 2 rings (SSSR count). The zero-order chi connectivity index (χ0) is 11.4. The summed E-state index contributed by atoms with van der Waals surface area (Å²) in [6.07, 6.45) is 4.34. The topological polar surface area (TPSA) is 64.7 Å². The first-order valence-corrected chi connectivity index (χ1v) is 5.24. The van der Waals surface area contributed by atoms with E-state index >= 15 is 0 Å². The molecule has 0 aromatic carbocycles. The van der Waals surface area contributed by atoms with Crippen molar-refractivity contribution in [3.63, 3.8) is 0 Å². The highest BCUT2D eigenvalue weighted by atomic mass is 14.9. The molecule has 0 aliphatic rings. The lowest BCUT2D eigenvalue weighted by Crippen LogP contribution is -2.04. The van der Waals surface area contributed by atoms with E-state index in [1.807, 2.05) is 25.1 Å². The average molecular weight is 214 g/mol. The first-order chi connectivity index (χ1) is 7.79. The molecule has 0 bridgehead atoms. The van der Waals surface area contributed by atoms with Crippen LogP contribution in [-0.4, -0.2) is 21.5 Å². The normalized spacial score (nSPS) is 10.4. The summed E-state index contributed by atoms with van der Waals surface area (Å²) in [7, 11) is 0. The summed E-state index contributed by atoms with van der Waals surface area (Å²) < 4.78 is 0. The lowest BCUT2D eigenvalue weighted by atomic mass is 10.1. The molecule has 82 valence electrons. The fourth-order valence-electron chi connectivity index (χ4n) is 1.54. The molecule has 0 aliphatic carbocycles. The van der Waals surface area contributed by atoms with E-state index in [0.29, 0.717) is 6.54 Å². The third kappa shape index (κ3) is 2.41. The minimum Gasteiger partial charge on any atom is -0.330 e. The Morgan fingerprint density at radius 2 is 2.00 bits per heavy atom. The van der Waals surface area contributed by atoms with Crippen LogP contribution in [0.2, 0.25) is 0 Å². The number of hydrogen-bond donors (Lipinski definition) is 1. The summed E-state index contributed by atoms with van der Waals surface area (Å²) in [5, 5.41) is 0. The molecule has 0 saturated heterocycles. The molecule has 2 N–H and O–H groups in total. The van der Waals surface area contributed by atoms with Crippen LogP contribution in [0, 0.1) is 6.92 Å². The zero-order valence-corrected chi connectivity index (χ0v) is 9.22. The van der Waals surface area contributed by atoms with Gasteiger partial charge in [-0.15, -0.1) is 0 Å². The average Bonchev–Trinajstić information content (AvgIpc) is 2.30. The molecule has 0 unspecified atom stereocenters. The molecule has 0 aliphatic heterocycles. The largest absolute Gasteiger partial charge is 0.330 e. The fraction of sp³-hybridized carbons (Fsp3) is 0.250. The second-order valence-corrected chi connectivity index (χ2v) is 3.56. The van der Waals surface area contributed by atoms with Crippen LogP contribution < -0.4 is 5.73 Å². The number of rotatable bonds is 3. The minimum atomic E-state index is 0.610. The number of aryl methyl sites for hydroxylation is 1. The van der Waals surface area contributed by atoms with Crippen molar-refractivity contribution < 1.29 is 0 Å². The molecule has 2 aromatic rings. The van der Waals surface area contributed by atoms with Gasteiger partial charge in [-0.25, -0.2) is 9.97 Å². The molecule has 0 spiro atoms. The molecule has 4 nitrogen and oxygen atoms in total. The van der Waals surface area contributed by atoms with Gasteiger partial charge in [0.2, 0.25) is 0 Å². The summed E-state index contributed by atoms with van der Waals surface area (Å²) >= 11 is 0. The van der Waals surface area contributed by atoms with Gasteiger partial charge in [0.05, 0.1) is 5.69 Å². The van der Waals surface area contributed by atoms with Gasteiger partial charge in [-0.2, -0.15) is 0 Å². The van der Waals surface area contributed by atoms with Crippen molar-refractivity contribution in [2.75, 3.05) is 6.54 Å². The number of nitrogens with zero attached hydrogens (tertiary/aromatic N) is 3. The summed E-state index contributed by atoms with van der Waals surface area (Å²) in [5.74, 6) is 0.773. The van der Waals surface area contributed by atoms with E-state index in [2.05, 4.69) is 15.0 Å². The lowest BCUT2D eigenvalue weighted by Gasteiger charge is -2.03. The molecule has 2 aromatic heterocycles. The van der Waals surface area contributed by atoms with Crippen LogP contribution in [0.15, 0.2) is 30.6 Å². The number of pyridine rings is 1. The van der Waals surface area contributed by atoms with Crippen LogP contribution in [0.5, 0.6) is 0 Å². The Labute approximate surface area is 94.6 Å². The Balaban J connectivity index is 2.36. The van der Waals surface area contributed by atoms with Gasteiger partial charge in [-0.05, 0) is 31.7 Å². The first kappa shape index (κ1) is 10.7. The number of nitrogens with two attached hydrogens (primary N) is 1. The Bertz CT molecular complexity index is 482. The van der Waals surface area contributed by atoms with Crippen LogP contribution in [0.25, 0.3) is 11.3 Å². The SMILES string of the molecule is Cc1nccc(-c2ccnc(CCN)c2)n1. The summed E-state index contributed by atoms with van der Waals surface area (Å²) in [4.78, 5) is 12.7. The van der Waals surface area contributed by atoms with Gasteiger partial charge in [-0.3, -0.25) is 4.98 Å². The Hall–Kier alpha value is -1.81. The highest BCUT2D eigenvalue weighted by molar-refractivity contribution is 5.58. The minimum absolute atomic E-state index is 0.610. The maximum absolute atomic E-state index is 5.51. The van der Waals surface area contributed by atoms with E-state index in [0.717, 1.165) is 29.2 Å². The molecule has 0 saturated carbocycles. The lowest BCUT2D eigenvalue weighted by molar-refractivity contribution is 0.923. The van der Waals surface area contributed by atoms with Gasteiger partial charge in [0, 0.05) is 30.1 Å². The Kier molecular flexibility index (Phi) is 3.22. The first-order valence-electron chi connectivity index (χ1n) is 5.24. The van der Waals surface area contributed by atoms with Crippen molar-refractivity contribution in [2.24, 2.45) is 5.73 Å². The zero-order valence-electron chi connectivity index (χ0n) is 9.22. The van der Waals surface area contributed by atoms with Crippen molar-refractivity contribution in [2.45, 2.75) is 13.3 Å². The van der Waals surface area contributed by atoms with Crippen molar-refractivity contribution in [3.05, 3.63) is 42.1 Å². The van der Waals surface area contributed by atoms with Crippen molar-refractivity contribution >= 4 is 0 Å². The van der Waals surface area contributed by atoms with Crippen LogP contribution in [-0.2, 0) is 6.42 Å². The molecular formula is C12H14N4. The van der Waals surface area contributed by atoms with Crippen molar-refractivity contribution in [3.8, 4) is 11.3 Å². The predicted molar refractivity (Wildman–Crippen MR) is 62.8 cm³/mol. The highest BCUT2D eigenvalue weighted by Crippen LogP contribution is 2.16. The predicted octanol–water partition coefficient (Wildman–Crippen LogP) is 1.35. The Morgan fingerprint density at radius 3 is 2.75 bits per heavy atom. The smallest absolute Gasteiger partial charge is 0.125 e. The van der Waals surface area contributed by atoms with Crippen molar-refractivity contribution in [1.29, 1.82) is 0 Å². The standard InChI is InChI=1S/C12H14N4/c1-9-14-7-4-12(16-9)10-3-6-15-11(8-10)2-5-13/h3-4,6-8H,2,5,13H2,1H3. The second kappa shape index (κ2) is 4.81. The molecule has 2 heterocycles. The van der Waals surface area contributed by atoms with Gasteiger partial charge in [0.25, 0.3) is 0 Å². The van der Waals surface area contributed by atoms with Gasteiger partial charge >= 0.3 is 0 Å². The third-order valence-electron chi connectivity index (χ3n) is 2.29. The van der Waals surface area contributed by atoms with Crippen molar-refractivity contribution in [1.82, 2.24) is 15.0 Å². The monoisotopic (exact) mass is 214 g/mol. The van der Waals surface area contributed by atoms with Gasteiger partial charge in [0.15, 0.2) is 0 Å². The van der Waals surface area contributed by atoms with E-state index < -0.39 is 0 Å². The van der Waals surface area contributed by atoms with E-state index in [-0.39, 0.29) is 0 Å². The third-order valence-corrected chi connectivity index (χ3v) is 2.29. The molecule has 0 amide bonds.